The number of ketones is 2. The molecule has 1 aromatic carbocycles. The van der Waals surface area contributed by atoms with E-state index in [1.165, 1.54) is 24.3 Å². The monoisotopic (exact) mass is 1180 g/mol. The van der Waals surface area contributed by atoms with Gasteiger partial charge in [0.2, 0.25) is 17.7 Å². The molecule has 4 fully saturated rings. The van der Waals surface area contributed by atoms with Crippen LogP contribution in [0.3, 0.4) is 0 Å². The number of benzene rings is 1. The molecule has 3 saturated carbocycles. The number of thiophene rings is 1. The van der Waals surface area contributed by atoms with Crippen LogP contribution in [0.15, 0.2) is 69.2 Å². The maximum absolute atomic E-state index is 17.9. The van der Waals surface area contributed by atoms with Crippen LogP contribution in [0.2, 0.25) is 0 Å². The molecule has 20 nitrogen and oxygen atoms in total. The molecule has 6 aliphatic rings. The van der Waals surface area contributed by atoms with Gasteiger partial charge < -0.3 is 45.4 Å². The standard InChI is InChI=1S/C47H49Br2F2N4O16PS/c1-44-12-10-24(56)16-28(44)29(50)17-27-26-18-34-47(33(58)21-69-72(66,67)68,45(26,2)19-32(57)46(27,44)51)71-43(70-34)31-8-6-25(73-31)15-22-4-3-5-23(14-22)53-40(63)30(7-9-37(61)62)54-36(60)20-52-35(59)11-13-55-41(64)38(48)39(49)42(55)65/h3-6,8,10,12,14,16,26-27,29-30,32,34,43,57H,7,9,11,13,15,17-21H2,1-2H3,(H,52,59)(H,53,63)(H,54,60)(H,61,62)(H2,66,67,68)/t26-,27-,29-,30-,32-,34+,43+,44-,45-,46-,47+/m0/s1. The van der Waals surface area contributed by atoms with Gasteiger partial charge in [-0.25, -0.2) is 13.3 Å². The van der Waals surface area contributed by atoms with E-state index in [0.29, 0.717) is 10.4 Å². The van der Waals surface area contributed by atoms with Gasteiger partial charge in [-0.1, -0.05) is 25.1 Å². The first-order valence-corrected chi connectivity index (χ1v) is 26.9. The fourth-order valence-electron chi connectivity index (χ4n) is 11.6. The molecule has 73 heavy (non-hydrogen) atoms. The summed E-state index contributed by atoms with van der Waals surface area (Å²) in [5.41, 5.74) is -6.87. The maximum atomic E-state index is 17.9. The lowest BCUT2D eigenvalue weighted by Crippen LogP contribution is -2.70. The fraction of sp³-hybridized carbons (Fsp3) is 0.489. The number of allylic oxidation sites excluding steroid dienone is 4. The molecule has 1 saturated heterocycles. The molecule has 2 aliphatic heterocycles. The average Bonchev–Trinajstić information content (AvgIpc) is 4.05. The molecule has 392 valence electrons. The number of halogens is 4. The summed E-state index contributed by atoms with van der Waals surface area (Å²) in [7, 11) is -5.20. The third kappa shape index (κ3) is 10.0. The van der Waals surface area contributed by atoms with E-state index in [9.17, 15) is 62.9 Å². The summed E-state index contributed by atoms with van der Waals surface area (Å²) in [6.45, 7) is 1.03. The Morgan fingerprint density at radius 3 is 2.41 bits per heavy atom. The number of anilines is 1. The van der Waals surface area contributed by atoms with Crippen molar-refractivity contribution < 1.29 is 85.7 Å². The number of aliphatic hydroxyl groups excluding tert-OH is 1. The van der Waals surface area contributed by atoms with Crippen LogP contribution in [0.25, 0.3) is 0 Å². The number of aliphatic hydroxyl groups is 1. The summed E-state index contributed by atoms with van der Waals surface area (Å²) in [6.07, 6.45) is -4.23. The van der Waals surface area contributed by atoms with Crippen molar-refractivity contribution in [2.75, 3.05) is 25.0 Å². The second kappa shape index (κ2) is 20.4. The van der Waals surface area contributed by atoms with E-state index in [0.717, 1.165) is 21.9 Å². The number of aliphatic carboxylic acids is 1. The summed E-state index contributed by atoms with van der Waals surface area (Å²) >= 11 is 7.22. The Balaban J connectivity index is 0.935. The van der Waals surface area contributed by atoms with Crippen molar-refractivity contribution >= 4 is 104 Å². The van der Waals surface area contributed by atoms with E-state index < -0.39 is 152 Å². The molecule has 5 amide bonds. The first-order chi connectivity index (χ1) is 34.2. The van der Waals surface area contributed by atoms with Crippen LogP contribution in [-0.4, -0.2) is 127 Å². The van der Waals surface area contributed by atoms with Gasteiger partial charge in [-0.15, -0.1) is 11.3 Å². The molecule has 1 aromatic heterocycles. The van der Waals surface area contributed by atoms with E-state index >= 15 is 8.78 Å². The lowest BCUT2D eigenvalue weighted by Gasteiger charge is -2.63. The number of amides is 5. The summed E-state index contributed by atoms with van der Waals surface area (Å²) in [5, 5.41) is 28.7. The number of rotatable bonds is 18. The highest BCUT2D eigenvalue weighted by molar-refractivity contribution is 9.14. The topological polar surface area (TPSA) is 302 Å². The van der Waals surface area contributed by atoms with Crippen molar-refractivity contribution in [2.24, 2.45) is 22.7 Å². The van der Waals surface area contributed by atoms with E-state index in [1.54, 1.807) is 43.3 Å². The van der Waals surface area contributed by atoms with E-state index in [1.807, 2.05) is 0 Å². The molecule has 2 aromatic rings. The highest BCUT2D eigenvalue weighted by Crippen LogP contribution is 2.73. The third-order valence-electron chi connectivity index (χ3n) is 15.0. The van der Waals surface area contributed by atoms with E-state index in [4.69, 9.17) is 9.47 Å². The predicted octanol–water partition coefficient (Wildman–Crippen LogP) is 4.26. The number of imide groups is 1. The van der Waals surface area contributed by atoms with Crippen molar-refractivity contribution in [2.45, 2.75) is 101 Å². The lowest BCUT2D eigenvalue weighted by atomic mass is 9.44. The number of phosphoric acid groups is 1. The summed E-state index contributed by atoms with van der Waals surface area (Å²) in [4.78, 5) is 123. The van der Waals surface area contributed by atoms with Gasteiger partial charge >= 0.3 is 13.8 Å². The third-order valence-corrected chi connectivity index (χ3v) is 18.6. The van der Waals surface area contributed by atoms with Crippen LogP contribution >= 0.6 is 51.0 Å². The first-order valence-electron chi connectivity index (χ1n) is 22.9. The summed E-state index contributed by atoms with van der Waals surface area (Å²) in [5.74, 6) is -8.30. The molecule has 26 heteroatoms. The molecule has 11 atom stereocenters. The van der Waals surface area contributed by atoms with Crippen molar-refractivity contribution in [1.29, 1.82) is 0 Å². The minimum atomic E-state index is -5.20. The van der Waals surface area contributed by atoms with Gasteiger partial charge in [0.1, 0.15) is 27.8 Å². The largest absolute Gasteiger partial charge is 0.481 e. The smallest absolute Gasteiger partial charge is 0.470 e. The van der Waals surface area contributed by atoms with Gasteiger partial charge in [-0.3, -0.25) is 47.8 Å². The molecule has 4 aliphatic carbocycles. The Bertz CT molecular complexity index is 2820. The van der Waals surface area contributed by atoms with E-state index in [2.05, 4.69) is 52.3 Å². The summed E-state index contributed by atoms with van der Waals surface area (Å²) in [6, 6.07) is 8.73. The molecular weight excluding hydrogens is 1140 g/mol. The molecule has 0 unspecified atom stereocenters. The highest BCUT2D eigenvalue weighted by Gasteiger charge is 2.80. The number of carboxylic acid groups (broad SMARTS) is 1. The Kier molecular flexibility index (Phi) is 15.3. The number of nitrogens with one attached hydrogen (secondary N) is 3. The van der Waals surface area contributed by atoms with Crippen LogP contribution in [0.5, 0.6) is 0 Å². The molecule has 0 bridgehead atoms. The number of ether oxygens (including phenoxy) is 2. The van der Waals surface area contributed by atoms with Gasteiger partial charge in [0.25, 0.3) is 11.8 Å². The fourth-order valence-corrected chi connectivity index (χ4v) is 13.7. The van der Waals surface area contributed by atoms with E-state index in [-0.39, 0.29) is 52.5 Å². The maximum Gasteiger partial charge on any atom is 0.470 e. The minimum absolute atomic E-state index is 0.00573. The number of hydrogen-bond acceptors (Lipinski definition) is 14. The molecular formula is C47H49Br2F2N4O16PS. The SMILES string of the molecule is C[C@]12C=CC(=O)C=C1[C@@H](F)C[C@H]1[C@@H]3C[C@H]4O[C@@H](c5ccc(Cc6cccc(NC(=O)[C@H](CCC(=O)O)NC(=O)CNC(=O)CCN7C(=O)C(Br)=C(Br)C7=O)c6)s5)O[C@@]4(C(=O)COP(=O)(O)O)[C@@]3(C)C[C@H](O)[C@@]12F. The van der Waals surface area contributed by atoms with Gasteiger partial charge in [0.15, 0.2) is 29.1 Å². The number of nitrogens with zero attached hydrogens (tertiary/aromatic N) is 1. The molecule has 3 heterocycles. The first kappa shape index (κ1) is 54.6. The van der Waals surface area contributed by atoms with Crippen molar-refractivity contribution in [1.82, 2.24) is 15.5 Å². The number of carboxylic acids is 1. The van der Waals surface area contributed by atoms with Gasteiger partial charge in [-0.2, -0.15) is 0 Å². The Labute approximate surface area is 435 Å². The highest BCUT2D eigenvalue weighted by atomic mass is 79.9. The Morgan fingerprint density at radius 1 is 1.01 bits per heavy atom. The quantitative estimate of drug-likeness (QED) is 0.0810. The predicted molar refractivity (Wildman–Crippen MR) is 259 cm³/mol. The second-order valence-electron chi connectivity index (χ2n) is 19.2. The van der Waals surface area contributed by atoms with Gasteiger partial charge in [0, 0.05) is 53.1 Å². The summed E-state index contributed by atoms with van der Waals surface area (Å²) < 4.78 is 63.7. The molecule has 7 N–H and O–H groups in total. The normalized spacial score (nSPS) is 31.8. The Morgan fingerprint density at radius 2 is 1.73 bits per heavy atom. The van der Waals surface area contributed by atoms with Crippen molar-refractivity contribution in [3.8, 4) is 0 Å². The van der Waals surface area contributed by atoms with Gasteiger partial charge in [-0.05, 0) is 118 Å². The zero-order valence-electron chi connectivity index (χ0n) is 38.8. The molecule has 0 radical (unpaired) electrons. The average molecular weight is 1190 g/mol. The zero-order chi connectivity index (χ0) is 53.2. The number of alkyl halides is 2. The van der Waals surface area contributed by atoms with Crippen molar-refractivity contribution in [3.63, 3.8) is 0 Å². The number of carbonyl (C=O) groups excluding carboxylic acids is 7. The molecule has 0 spiro atoms. The number of phosphoric ester groups is 1. The Hall–Kier alpha value is -4.69. The number of fused-ring (bicyclic) bond motifs is 7. The van der Waals surface area contributed by atoms with Crippen molar-refractivity contribution in [3.05, 3.63) is 84.5 Å². The van der Waals surface area contributed by atoms with Crippen LogP contribution in [0, 0.1) is 22.7 Å². The number of Topliss-reactive ketones (excluding diaryl/α,β-unsaturated/α-hetero) is 1. The van der Waals surface area contributed by atoms with Crippen LogP contribution in [0.4, 0.5) is 14.5 Å². The van der Waals surface area contributed by atoms with Crippen LogP contribution in [-0.2, 0) is 63.3 Å². The lowest BCUT2D eigenvalue weighted by molar-refractivity contribution is -0.234. The molecule has 8 rings (SSSR count). The van der Waals surface area contributed by atoms with Crippen LogP contribution < -0.4 is 16.0 Å². The number of carbonyl (C=O) groups is 8. The second-order valence-corrected chi connectivity index (χ2v) is 23.3. The number of hydrogen-bond donors (Lipinski definition) is 7. The van der Waals surface area contributed by atoms with Crippen LogP contribution in [0.1, 0.15) is 74.0 Å². The van der Waals surface area contributed by atoms with Gasteiger partial charge in [0.05, 0.1) is 23.6 Å². The minimum Gasteiger partial charge on any atom is -0.481 e. The zero-order valence-corrected chi connectivity index (χ0v) is 43.7.